The molecular weight excluding hydrogens is 302 g/mol. The number of ether oxygens (including phenoxy) is 2. The molecule has 24 heavy (non-hydrogen) atoms. The van der Waals surface area contributed by atoms with Crippen molar-refractivity contribution in [2.75, 3.05) is 27.3 Å². The van der Waals surface area contributed by atoms with E-state index in [0.29, 0.717) is 12.6 Å². The van der Waals surface area contributed by atoms with Crippen molar-refractivity contribution in [2.45, 2.75) is 31.7 Å². The van der Waals surface area contributed by atoms with E-state index in [0.717, 1.165) is 35.1 Å². The fraction of sp³-hybridized carbons (Fsp3) is 0.450. The zero-order valence-corrected chi connectivity index (χ0v) is 14.6. The maximum atomic E-state index is 12.4. The van der Waals surface area contributed by atoms with E-state index in [-0.39, 0.29) is 11.9 Å². The quantitative estimate of drug-likeness (QED) is 0.787. The number of nitrogens with zero attached hydrogens (tertiary/aromatic N) is 1. The van der Waals surface area contributed by atoms with Crippen molar-refractivity contribution in [3.63, 3.8) is 0 Å². The van der Waals surface area contributed by atoms with Gasteiger partial charge in [0.1, 0.15) is 12.4 Å². The molecule has 4 heteroatoms. The first-order valence-electron chi connectivity index (χ1n) is 8.53. The van der Waals surface area contributed by atoms with Crippen LogP contribution >= 0.6 is 0 Å². The molecule has 0 amide bonds. The van der Waals surface area contributed by atoms with E-state index >= 15 is 0 Å². The molecule has 4 nitrogen and oxygen atoms in total. The van der Waals surface area contributed by atoms with Gasteiger partial charge in [0.2, 0.25) is 0 Å². The third kappa shape index (κ3) is 3.54. The van der Waals surface area contributed by atoms with Gasteiger partial charge in [-0.1, -0.05) is 24.3 Å². The lowest BCUT2D eigenvalue weighted by atomic mass is 9.98. The highest BCUT2D eigenvalue weighted by atomic mass is 16.5. The second-order valence-corrected chi connectivity index (χ2v) is 6.60. The van der Waals surface area contributed by atoms with E-state index in [1.54, 1.807) is 7.11 Å². The Morgan fingerprint density at radius 3 is 2.71 bits per heavy atom. The molecule has 1 aliphatic rings. The van der Waals surface area contributed by atoms with E-state index in [1.807, 2.05) is 37.3 Å². The Bertz CT molecular complexity index is 728. The van der Waals surface area contributed by atoms with Gasteiger partial charge in [-0.25, -0.2) is 0 Å². The predicted octanol–water partition coefficient (Wildman–Crippen LogP) is 3.59. The molecule has 0 saturated carbocycles. The number of likely N-dealkylation sites (tertiary alicyclic amines) is 1. The molecule has 2 aromatic carbocycles. The van der Waals surface area contributed by atoms with E-state index in [9.17, 15) is 4.79 Å². The minimum absolute atomic E-state index is 0.150. The summed E-state index contributed by atoms with van der Waals surface area (Å²) in [7, 11) is 3.75. The van der Waals surface area contributed by atoms with Crippen LogP contribution in [0.4, 0.5) is 0 Å². The minimum atomic E-state index is -0.261. The Morgan fingerprint density at radius 2 is 2.00 bits per heavy atom. The first-order chi connectivity index (χ1) is 11.6. The Balaban J connectivity index is 1.68. The first kappa shape index (κ1) is 16.8. The van der Waals surface area contributed by atoms with Gasteiger partial charge < -0.3 is 14.4 Å². The molecule has 1 saturated heterocycles. The molecule has 2 aromatic rings. The molecule has 0 unspecified atom stereocenters. The van der Waals surface area contributed by atoms with Crippen LogP contribution in [-0.2, 0) is 9.53 Å². The van der Waals surface area contributed by atoms with Gasteiger partial charge in [-0.3, -0.25) is 4.79 Å². The predicted molar refractivity (Wildman–Crippen MR) is 95.5 cm³/mol. The van der Waals surface area contributed by atoms with E-state index in [1.165, 1.54) is 6.42 Å². The summed E-state index contributed by atoms with van der Waals surface area (Å²) in [5, 5.41) is 2.20. The number of carbonyl (C=O) groups excluding carboxylic acids is 1. The van der Waals surface area contributed by atoms with Crippen molar-refractivity contribution in [3.05, 3.63) is 42.0 Å². The van der Waals surface area contributed by atoms with Crippen molar-refractivity contribution in [1.29, 1.82) is 0 Å². The van der Waals surface area contributed by atoms with Crippen molar-refractivity contribution < 1.29 is 14.3 Å². The van der Waals surface area contributed by atoms with Gasteiger partial charge in [0.25, 0.3) is 0 Å². The number of rotatable bonds is 5. The van der Waals surface area contributed by atoms with Crippen LogP contribution in [0.25, 0.3) is 10.8 Å². The molecule has 0 bridgehead atoms. The van der Waals surface area contributed by atoms with Crippen molar-refractivity contribution in [3.8, 4) is 5.75 Å². The van der Waals surface area contributed by atoms with Gasteiger partial charge in [0.15, 0.2) is 0 Å². The summed E-state index contributed by atoms with van der Waals surface area (Å²) in [6.45, 7) is 3.49. The molecule has 3 rings (SSSR count). The number of esters is 1. The number of hydrogen-bond acceptors (Lipinski definition) is 4. The smallest absolute Gasteiger partial charge is 0.313 e. The molecule has 0 spiro atoms. The van der Waals surface area contributed by atoms with E-state index in [4.69, 9.17) is 9.47 Å². The topological polar surface area (TPSA) is 38.8 Å². The number of methoxy groups -OCH3 is 1. The molecule has 0 radical (unpaired) electrons. The Labute approximate surface area is 143 Å². The van der Waals surface area contributed by atoms with Crippen LogP contribution in [0.15, 0.2) is 36.4 Å². The highest BCUT2D eigenvalue weighted by Crippen LogP contribution is 2.26. The fourth-order valence-electron chi connectivity index (χ4n) is 3.27. The normalized spacial score (nSPS) is 19.4. The average Bonchev–Trinajstić information content (AvgIpc) is 3.03. The first-order valence-corrected chi connectivity index (χ1v) is 8.53. The largest absolute Gasteiger partial charge is 0.497 e. The van der Waals surface area contributed by atoms with Crippen molar-refractivity contribution in [1.82, 2.24) is 4.90 Å². The Hall–Kier alpha value is -2.07. The summed E-state index contributed by atoms with van der Waals surface area (Å²) in [4.78, 5) is 14.6. The SMILES string of the molecule is COc1ccc2cc([C@@H](C)C(=O)OC[C@@H]3CCCN3C)ccc2c1. The monoisotopic (exact) mass is 327 g/mol. The second kappa shape index (κ2) is 7.22. The van der Waals surface area contributed by atoms with Gasteiger partial charge in [-0.15, -0.1) is 0 Å². The summed E-state index contributed by atoms with van der Waals surface area (Å²) in [5.74, 6) is 0.426. The summed E-state index contributed by atoms with van der Waals surface area (Å²) in [5.41, 5.74) is 0.984. The van der Waals surface area contributed by atoms with Crippen LogP contribution < -0.4 is 4.74 Å². The highest BCUT2D eigenvalue weighted by Gasteiger charge is 2.24. The molecule has 0 N–H and O–H groups in total. The molecule has 128 valence electrons. The molecular formula is C20H25NO3. The lowest BCUT2D eigenvalue weighted by Crippen LogP contribution is -2.31. The lowest BCUT2D eigenvalue weighted by Gasteiger charge is -2.20. The molecule has 1 fully saturated rings. The molecule has 1 aliphatic heterocycles. The van der Waals surface area contributed by atoms with Crippen LogP contribution in [0, 0.1) is 0 Å². The van der Waals surface area contributed by atoms with Crippen LogP contribution in [0.1, 0.15) is 31.2 Å². The molecule has 0 aliphatic carbocycles. The maximum Gasteiger partial charge on any atom is 0.313 e. The van der Waals surface area contributed by atoms with Gasteiger partial charge in [-0.2, -0.15) is 0 Å². The number of carbonyl (C=O) groups is 1. The Kier molecular flexibility index (Phi) is 5.05. The molecule has 0 aromatic heterocycles. The number of hydrogen-bond donors (Lipinski definition) is 0. The summed E-state index contributed by atoms with van der Waals surface area (Å²) in [6.07, 6.45) is 2.29. The zero-order chi connectivity index (χ0) is 17.1. The van der Waals surface area contributed by atoms with Crippen LogP contribution in [0.5, 0.6) is 5.75 Å². The van der Waals surface area contributed by atoms with Crippen LogP contribution in [-0.4, -0.2) is 44.2 Å². The van der Waals surface area contributed by atoms with E-state index in [2.05, 4.69) is 18.0 Å². The van der Waals surface area contributed by atoms with Crippen LogP contribution in [0.2, 0.25) is 0 Å². The number of benzene rings is 2. The molecule has 2 atom stereocenters. The Morgan fingerprint density at radius 1 is 1.25 bits per heavy atom. The summed E-state index contributed by atoms with van der Waals surface area (Å²) in [6, 6.07) is 12.4. The third-order valence-electron chi connectivity index (χ3n) is 5.01. The van der Waals surface area contributed by atoms with Crippen molar-refractivity contribution in [2.24, 2.45) is 0 Å². The van der Waals surface area contributed by atoms with E-state index < -0.39 is 0 Å². The zero-order valence-electron chi connectivity index (χ0n) is 14.6. The number of likely N-dealkylation sites (N-methyl/N-ethyl adjacent to an activating group) is 1. The maximum absolute atomic E-state index is 12.4. The fourth-order valence-corrected chi connectivity index (χ4v) is 3.27. The highest BCUT2D eigenvalue weighted by molar-refractivity contribution is 5.86. The van der Waals surface area contributed by atoms with Crippen molar-refractivity contribution >= 4 is 16.7 Å². The lowest BCUT2D eigenvalue weighted by molar-refractivity contribution is -0.146. The van der Waals surface area contributed by atoms with Gasteiger partial charge in [0.05, 0.1) is 13.0 Å². The van der Waals surface area contributed by atoms with Gasteiger partial charge in [-0.05, 0) is 61.8 Å². The van der Waals surface area contributed by atoms with Gasteiger partial charge >= 0.3 is 5.97 Å². The second-order valence-electron chi connectivity index (χ2n) is 6.60. The van der Waals surface area contributed by atoms with Crippen LogP contribution in [0.3, 0.4) is 0 Å². The summed E-state index contributed by atoms with van der Waals surface area (Å²) >= 11 is 0. The standard InChI is InChI=1S/C20H25NO3/c1-14(20(22)24-13-18-5-4-10-21(18)2)15-6-7-17-12-19(23-3)9-8-16(17)11-15/h6-9,11-12,14,18H,4-5,10,13H2,1-3H3/t14-,18+/m1/s1. The average molecular weight is 327 g/mol. The third-order valence-corrected chi connectivity index (χ3v) is 5.01. The number of fused-ring (bicyclic) bond motifs is 1. The van der Waals surface area contributed by atoms with Gasteiger partial charge in [0, 0.05) is 6.04 Å². The summed E-state index contributed by atoms with van der Waals surface area (Å²) < 4.78 is 10.8. The molecule has 1 heterocycles. The minimum Gasteiger partial charge on any atom is -0.497 e.